The van der Waals surface area contributed by atoms with Crippen molar-refractivity contribution in [2.75, 3.05) is 0 Å². The molecule has 2 aliphatic heterocycles. The topological polar surface area (TPSA) is 37.4 Å². The van der Waals surface area contributed by atoms with Crippen molar-refractivity contribution < 1.29 is 9.59 Å². The van der Waals surface area contributed by atoms with E-state index in [1.54, 1.807) is 11.1 Å². The Labute approximate surface area is 77.4 Å². The van der Waals surface area contributed by atoms with E-state index in [0.717, 1.165) is 24.7 Å². The largest absolute Gasteiger partial charge is 0.316 e. The van der Waals surface area contributed by atoms with Crippen molar-refractivity contribution >= 4 is 12.2 Å². The molecule has 2 atom stereocenters. The Morgan fingerprint density at radius 2 is 2.38 bits per heavy atom. The van der Waals surface area contributed by atoms with Crippen molar-refractivity contribution in [1.82, 2.24) is 4.90 Å². The van der Waals surface area contributed by atoms with Gasteiger partial charge in [-0.15, -0.1) is 0 Å². The van der Waals surface area contributed by atoms with E-state index in [4.69, 9.17) is 0 Å². The van der Waals surface area contributed by atoms with Crippen LogP contribution in [-0.4, -0.2) is 23.1 Å². The number of allylic oxidation sites excluding steroid dienone is 1. The van der Waals surface area contributed by atoms with Crippen LogP contribution in [0.5, 0.6) is 0 Å². The van der Waals surface area contributed by atoms with Gasteiger partial charge in [-0.25, -0.2) is 0 Å². The summed E-state index contributed by atoms with van der Waals surface area (Å²) in [6, 6.07) is 0.353. The first-order chi connectivity index (χ1) is 6.22. The lowest BCUT2D eigenvalue weighted by Gasteiger charge is -2.30. The molecule has 1 fully saturated rings. The van der Waals surface area contributed by atoms with Crippen molar-refractivity contribution in [3.05, 3.63) is 11.8 Å². The second kappa shape index (κ2) is 2.98. The molecule has 0 aromatic carbocycles. The van der Waals surface area contributed by atoms with Gasteiger partial charge in [0.15, 0.2) is 0 Å². The number of hydrogen-bond acceptors (Lipinski definition) is 2. The lowest BCUT2D eigenvalue weighted by molar-refractivity contribution is -0.126. The Hall–Kier alpha value is -1.12. The average molecular weight is 179 g/mol. The van der Waals surface area contributed by atoms with Crippen molar-refractivity contribution in [1.29, 1.82) is 0 Å². The Morgan fingerprint density at radius 1 is 1.62 bits per heavy atom. The average Bonchev–Trinajstić information content (AvgIpc) is 2.46. The molecule has 2 rings (SSSR count). The molecule has 0 aliphatic carbocycles. The van der Waals surface area contributed by atoms with Gasteiger partial charge in [0.2, 0.25) is 5.91 Å². The van der Waals surface area contributed by atoms with Gasteiger partial charge in [-0.1, -0.05) is 6.92 Å². The standard InChI is InChI=1S/C10H13NO2/c1-7-4-9-2-3-10(13)11(9)5-8(7)6-12/h5-7,9H,2-4H2,1H3/t7-,9+/m1/s1. The van der Waals surface area contributed by atoms with Crippen molar-refractivity contribution in [2.24, 2.45) is 5.92 Å². The van der Waals surface area contributed by atoms with E-state index in [2.05, 4.69) is 0 Å². The van der Waals surface area contributed by atoms with E-state index >= 15 is 0 Å². The Kier molecular flexibility index (Phi) is 1.94. The monoisotopic (exact) mass is 179 g/mol. The Morgan fingerprint density at radius 3 is 3.08 bits per heavy atom. The molecule has 70 valence electrons. The lowest BCUT2D eigenvalue weighted by Crippen LogP contribution is -2.34. The fraction of sp³-hybridized carbons (Fsp3) is 0.600. The van der Waals surface area contributed by atoms with Gasteiger partial charge < -0.3 is 4.90 Å². The van der Waals surface area contributed by atoms with Gasteiger partial charge in [-0.3, -0.25) is 9.59 Å². The third kappa shape index (κ3) is 1.28. The molecular formula is C10H13NO2. The van der Waals surface area contributed by atoms with Crippen LogP contribution in [0.2, 0.25) is 0 Å². The highest BCUT2D eigenvalue weighted by Crippen LogP contribution is 2.32. The molecule has 2 heterocycles. The molecule has 0 aromatic heterocycles. The molecule has 0 aromatic rings. The minimum atomic E-state index is 0.163. The maximum Gasteiger partial charge on any atom is 0.226 e. The summed E-state index contributed by atoms with van der Waals surface area (Å²) in [7, 11) is 0. The zero-order chi connectivity index (χ0) is 9.42. The summed E-state index contributed by atoms with van der Waals surface area (Å²) in [6.07, 6.45) is 5.13. The Balaban J connectivity index is 2.28. The zero-order valence-corrected chi connectivity index (χ0v) is 7.69. The highest BCUT2D eigenvalue weighted by Gasteiger charge is 2.34. The predicted molar refractivity (Wildman–Crippen MR) is 47.8 cm³/mol. The Bertz CT molecular complexity index is 283. The second-order valence-corrected chi connectivity index (χ2v) is 3.88. The second-order valence-electron chi connectivity index (χ2n) is 3.88. The first-order valence-electron chi connectivity index (χ1n) is 4.70. The minimum Gasteiger partial charge on any atom is -0.316 e. The van der Waals surface area contributed by atoms with E-state index in [1.165, 1.54) is 0 Å². The molecule has 2 aliphatic rings. The van der Waals surface area contributed by atoms with Crippen LogP contribution in [0, 0.1) is 5.92 Å². The number of rotatable bonds is 1. The number of aldehydes is 1. The van der Waals surface area contributed by atoms with Gasteiger partial charge in [0.25, 0.3) is 0 Å². The summed E-state index contributed by atoms with van der Waals surface area (Å²) in [5.41, 5.74) is 0.756. The molecule has 1 saturated heterocycles. The number of carbonyl (C=O) groups is 2. The summed E-state index contributed by atoms with van der Waals surface area (Å²) < 4.78 is 0. The molecule has 0 radical (unpaired) electrons. The lowest BCUT2D eigenvalue weighted by atomic mass is 9.91. The van der Waals surface area contributed by atoms with Crippen molar-refractivity contribution in [2.45, 2.75) is 32.2 Å². The van der Waals surface area contributed by atoms with Gasteiger partial charge in [-0.2, -0.15) is 0 Å². The summed E-state index contributed by atoms with van der Waals surface area (Å²) >= 11 is 0. The first kappa shape index (κ1) is 8.48. The molecule has 0 N–H and O–H groups in total. The SMILES string of the molecule is C[C@@H]1C[C@@H]2CCC(=O)N2C=C1C=O. The molecular weight excluding hydrogens is 166 g/mol. The van der Waals surface area contributed by atoms with Crippen LogP contribution in [0.25, 0.3) is 0 Å². The highest BCUT2D eigenvalue weighted by molar-refractivity contribution is 5.83. The van der Waals surface area contributed by atoms with Crippen LogP contribution in [0.4, 0.5) is 0 Å². The number of fused-ring (bicyclic) bond motifs is 1. The molecule has 0 saturated carbocycles. The number of carbonyl (C=O) groups excluding carboxylic acids is 2. The van der Waals surface area contributed by atoms with Gasteiger partial charge in [0.05, 0.1) is 0 Å². The van der Waals surface area contributed by atoms with Crippen molar-refractivity contribution in [3.63, 3.8) is 0 Å². The summed E-state index contributed by atoms with van der Waals surface area (Å²) in [4.78, 5) is 23.7. The van der Waals surface area contributed by atoms with Gasteiger partial charge >= 0.3 is 0 Å². The number of amides is 1. The molecule has 3 nitrogen and oxygen atoms in total. The smallest absolute Gasteiger partial charge is 0.226 e. The van der Waals surface area contributed by atoms with Crippen LogP contribution in [-0.2, 0) is 9.59 Å². The first-order valence-corrected chi connectivity index (χ1v) is 4.70. The summed E-state index contributed by atoms with van der Waals surface area (Å²) in [6.45, 7) is 2.04. The van der Waals surface area contributed by atoms with E-state index in [-0.39, 0.29) is 5.91 Å². The van der Waals surface area contributed by atoms with Crippen LogP contribution in [0.1, 0.15) is 26.2 Å². The molecule has 3 heteroatoms. The number of nitrogens with zero attached hydrogens (tertiary/aromatic N) is 1. The number of hydrogen-bond donors (Lipinski definition) is 0. The van der Waals surface area contributed by atoms with Gasteiger partial charge in [0, 0.05) is 24.2 Å². The van der Waals surface area contributed by atoms with Gasteiger partial charge in [-0.05, 0) is 18.8 Å². The zero-order valence-electron chi connectivity index (χ0n) is 7.69. The van der Waals surface area contributed by atoms with Crippen LogP contribution in [0.15, 0.2) is 11.8 Å². The maximum atomic E-state index is 11.3. The fourth-order valence-electron chi connectivity index (χ4n) is 2.15. The molecule has 1 amide bonds. The van der Waals surface area contributed by atoms with E-state index in [1.807, 2.05) is 6.92 Å². The van der Waals surface area contributed by atoms with E-state index in [9.17, 15) is 9.59 Å². The van der Waals surface area contributed by atoms with E-state index in [0.29, 0.717) is 18.4 Å². The highest BCUT2D eigenvalue weighted by atomic mass is 16.2. The fourth-order valence-corrected chi connectivity index (χ4v) is 2.15. The van der Waals surface area contributed by atoms with Gasteiger partial charge in [0.1, 0.15) is 6.29 Å². The third-order valence-electron chi connectivity index (χ3n) is 2.99. The van der Waals surface area contributed by atoms with Crippen LogP contribution in [0.3, 0.4) is 0 Å². The predicted octanol–water partition coefficient (Wildman–Crippen LogP) is 1.10. The third-order valence-corrected chi connectivity index (χ3v) is 2.99. The molecule has 0 unspecified atom stereocenters. The van der Waals surface area contributed by atoms with Crippen LogP contribution < -0.4 is 0 Å². The maximum absolute atomic E-state index is 11.3. The van der Waals surface area contributed by atoms with Crippen molar-refractivity contribution in [3.8, 4) is 0 Å². The quantitative estimate of drug-likeness (QED) is 0.565. The summed E-state index contributed by atoms with van der Waals surface area (Å²) in [5, 5.41) is 0. The van der Waals surface area contributed by atoms with E-state index < -0.39 is 0 Å². The summed E-state index contributed by atoms with van der Waals surface area (Å²) in [5.74, 6) is 0.473. The van der Waals surface area contributed by atoms with Crippen LogP contribution >= 0.6 is 0 Å². The molecule has 0 bridgehead atoms. The normalized spacial score (nSPS) is 32.8. The molecule has 0 spiro atoms. The minimum absolute atomic E-state index is 0.163. The molecule has 13 heavy (non-hydrogen) atoms.